The van der Waals surface area contributed by atoms with E-state index in [-0.39, 0.29) is 0 Å². The second kappa shape index (κ2) is 8.64. The molecule has 1 aromatic carbocycles. The second-order valence-electron chi connectivity index (χ2n) is 4.47. The van der Waals surface area contributed by atoms with Crippen molar-refractivity contribution in [2.45, 2.75) is 57.7 Å². The van der Waals surface area contributed by atoms with Crippen molar-refractivity contribution in [2.75, 3.05) is 0 Å². The molecule has 90 valence electrons. The fraction of sp³-hybridized carbons (Fsp3) is 0.600. The van der Waals surface area contributed by atoms with Gasteiger partial charge < -0.3 is 0 Å². The van der Waals surface area contributed by atoms with Gasteiger partial charge in [0, 0.05) is 5.88 Å². The number of alkyl halides is 1. The highest BCUT2D eigenvalue weighted by Gasteiger charge is 1.95. The molecule has 0 aliphatic carbocycles. The van der Waals surface area contributed by atoms with E-state index in [1.54, 1.807) is 0 Å². The minimum atomic E-state index is 0.622. The van der Waals surface area contributed by atoms with Gasteiger partial charge in [0.05, 0.1) is 0 Å². The van der Waals surface area contributed by atoms with Gasteiger partial charge in [-0.05, 0) is 24.0 Å². The van der Waals surface area contributed by atoms with Crippen molar-refractivity contribution in [1.82, 2.24) is 0 Å². The van der Waals surface area contributed by atoms with Gasteiger partial charge in [0.25, 0.3) is 0 Å². The molecular formula is C15H23Cl. The van der Waals surface area contributed by atoms with Crippen LogP contribution in [0.15, 0.2) is 24.3 Å². The Morgan fingerprint density at radius 1 is 0.812 bits per heavy atom. The summed E-state index contributed by atoms with van der Waals surface area (Å²) >= 11 is 5.75. The van der Waals surface area contributed by atoms with Gasteiger partial charge >= 0.3 is 0 Å². The number of unbranched alkanes of at least 4 members (excludes halogenated alkanes) is 5. The summed E-state index contributed by atoms with van der Waals surface area (Å²) in [5.74, 6) is 0.622. The van der Waals surface area contributed by atoms with Crippen molar-refractivity contribution in [3.05, 3.63) is 35.4 Å². The molecule has 0 aliphatic rings. The summed E-state index contributed by atoms with van der Waals surface area (Å²) in [4.78, 5) is 0. The van der Waals surface area contributed by atoms with Gasteiger partial charge in [0.2, 0.25) is 0 Å². The van der Waals surface area contributed by atoms with Crippen molar-refractivity contribution >= 4 is 11.6 Å². The Morgan fingerprint density at radius 3 is 2.00 bits per heavy atom. The SMILES string of the molecule is CCCCCCCCc1ccc(CCl)cc1. The van der Waals surface area contributed by atoms with E-state index in [2.05, 4.69) is 31.2 Å². The molecule has 0 radical (unpaired) electrons. The van der Waals surface area contributed by atoms with E-state index in [0.717, 1.165) is 0 Å². The van der Waals surface area contributed by atoms with E-state index in [9.17, 15) is 0 Å². The molecule has 0 aliphatic heterocycles. The lowest BCUT2D eigenvalue weighted by molar-refractivity contribution is 0.607. The third-order valence-corrected chi connectivity index (χ3v) is 3.30. The number of halogens is 1. The summed E-state index contributed by atoms with van der Waals surface area (Å²) < 4.78 is 0. The van der Waals surface area contributed by atoms with Crippen LogP contribution in [0, 0.1) is 0 Å². The minimum Gasteiger partial charge on any atom is -0.122 e. The van der Waals surface area contributed by atoms with Gasteiger partial charge in [-0.1, -0.05) is 63.3 Å². The van der Waals surface area contributed by atoms with E-state index < -0.39 is 0 Å². The summed E-state index contributed by atoms with van der Waals surface area (Å²) in [6, 6.07) is 8.70. The Balaban J connectivity index is 2.12. The fourth-order valence-corrected chi connectivity index (χ4v) is 2.08. The van der Waals surface area contributed by atoms with Crippen molar-refractivity contribution in [3.63, 3.8) is 0 Å². The van der Waals surface area contributed by atoms with Crippen LogP contribution in [0.2, 0.25) is 0 Å². The monoisotopic (exact) mass is 238 g/mol. The van der Waals surface area contributed by atoms with Crippen LogP contribution in [0.4, 0.5) is 0 Å². The zero-order chi connectivity index (χ0) is 11.6. The maximum absolute atomic E-state index is 5.75. The second-order valence-corrected chi connectivity index (χ2v) is 4.74. The van der Waals surface area contributed by atoms with Crippen LogP contribution in [0.5, 0.6) is 0 Å². The Hall–Kier alpha value is -0.490. The summed E-state index contributed by atoms with van der Waals surface area (Å²) in [5, 5.41) is 0. The first kappa shape index (κ1) is 13.6. The molecule has 0 saturated carbocycles. The Labute approximate surface area is 105 Å². The largest absolute Gasteiger partial charge is 0.122 e. The molecule has 0 N–H and O–H groups in total. The zero-order valence-electron chi connectivity index (χ0n) is 10.3. The van der Waals surface area contributed by atoms with E-state index >= 15 is 0 Å². The number of hydrogen-bond acceptors (Lipinski definition) is 0. The topological polar surface area (TPSA) is 0 Å². The fourth-order valence-electron chi connectivity index (χ4n) is 1.90. The number of rotatable bonds is 8. The van der Waals surface area contributed by atoms with Crippen LogP contribution in [-0.4, -0.2) is 0 Å². The molecule has 16 heavy (non-hydrogen) atoms. The van der Waals surface area contributed by atoms with Crippen molar-refractivity contribution < 1.29 is 0 Å². The van der Waals surface area contributed by atoms with Gasteiger partial charge in [0.15, 0.2) is 0 Å². The highest BCUT2D eigenvalue weighted by Crippen LogP contribution is 2.11. The molecule has 0 aromatic heterocycles. The average Bonchev–Trinajstić information content (AvgIpc) is 2.34. The lowest BCUT2D eigenvalue weighted by Gasteiger charge is -2.03. The average molecular weight is 239 g/mol. The molecule has 0 unspecified atom stereocenters. The maximum Gasteiger partial charge on any atom is 0.0474 e. The van der Waals surface area contributed by atoms with E-state index in [1.807, 2.05) is 0 Å². The van der Waals surface area contributed by atoms with Gasteiger partial charge in [-0.15, -0.1) is 11.6 Å². The highest BCUT2D eigenvalue weighted by molar-refractivity contribution is 6.17. The van der Waals surface area contributed by atoms with Crippen molar-refractivity contribution in [1.29, 1.82) is 0 Å². The van der Waals surface area contributed by atoms with Crippen LogP contribution in [-0.2, 0) is 12.3 Å². The number of hydrogen-bond donors (Lipinski definition) is 0. The molecule has 1 aromatic rings. The van der Waals surface area contributed by atoms with Crippen LogP contribution < -0.4 is 0 Å². The number of aryl methyl sites for hydroxylation is 1. The predicted octanol–water partition coefficient (Wildman–Crippen LogP) is 5.33. The number of benzene rings is 1. The molecule has 0 nitrogen and oxygen atoms in total. The summed E-state index contributed by atoms with van der Waals surface area (Å²) in [5.41, 5.74) is 2.66. The van der Waals surface area contributed by atoms with Crippen molar-refractivity contribution in [3.8, 4) is 0 Å². The maximum atomic E-state index is 5.75. The lowest BCUT2D eigenvalue weighted by atomic mass is 10.0. The van der Waals surface area contributed by atoms with E-state index in [4.69, 9.17) is 11.6 Å². The van der Waals surface area contributed by atoms with Gasteiger partial charge in [0.1, 0.15) is 0 Å². The molecule has 0 fully saturated rings. The molecule has 0 saturated heterocycles. The van der Waals surface area contributed by atoms with E-state index in [1.165, 1.54) is 56.1 Å². The molecular weight excluding hydrogens is 216 g/mol. The summed E-state index contributed by atoms with van der Waals surface area (Å²) in [7, 11) is 0. The molecule has 1 heteroatoms. The molecule has 0 atom stereocenters. The predicted molar refractivity (Wildman–Crippen MR) is 73.1 cm³/mol. The van der Waals surface area contributed by atoms with Gasteiger partial charge in [-0.25, -0.2) is 0 Å². The molecule has 0 spiro atoms. The summed E-state index contributed by atoms with van der Waals surface area (Å²) in [6.07, 6.45) is 9.44. The molecule has 0 amide bonds. The quantitative estimate of drug-likeness (QED) is 0.424. The van der Waals surface area contributed by atoms with Crippen LogP contribution in [0.25, 0.3) is 0 Å². The molecule has 0 bridgehead atoms. The standard InChI is InChI=1S/C15H23Cl/c1-2-3-4-5-6-7-8-14-9-11-15(13-16)12-10-14/h9-12H,2-8,13H2,1H3. The van der Waals surface area contributed by atoms with Crippen LogP contribution in [0.3, 0.4) is 0 Å². The normalized spacial score (nSPS) is 10.6. The molecule has 1 rings (SSSR count). The Morgan fingerprint density at radius 2 is 1.38 bits per heavy atom. The van der Waals surface area contributed by atoms with Crippen LogP contribution >= 0.6 is 11.6 Å². The highest BCUT2D eigenvalue weighted by atomic mass is 35.5. The lowest BCUT2D eigenvalue weighted by Crippen LogP contribution is -1.87. The first-order valence-electron chi connectivity index (χ1n) is 6.50. The first-order chi connectivity index (χ1) is 7.86. The third kappa shape index (κ3) is 5.55. The minimum absolute atomic E-state index is 0.622. The third-order valence-electron chi connectivity index (χ3n) is 3.00. The van der Waals surface area contributed by atoms with Crippen molar-refractivity contribution in [2.24, 2.45) is 0 Å². The first-order valence-corrected chi connectivity index (χ1v) is 7.04. The van der Waals surface area contributed by atoms with Gasteiger partial charge in [-0.2, -0.15) is 0 Å². The van der Waals surface area contributed by atoms with Gasteiger partial charge in [-0.3, -0.25) is 0 Å². The Bertz CT molecular complexity index is 263. The molecule has 0 heterocycles. The zero-order valence-corrected chi connectivity index (χ0v) is 11.1. The van der Waals surface area contributed by atoms with E-state index in [0.29, 0.717) is 5.88 Å². The summed E-state index contributed by atoms with van der Waals surface area (Å²) in [6.45, 7) is 2.26. The smallest absolute Gasteiger partial charge is 0.0474 e. The van der Waals surface area contributed by atoms with Crippen LogP contribution in [0.1, 0.15) is 56.6 Å². The Kier molecular flexibility index (Phi) is 7.33.